The Kier molecular flexibility index (Phi) is 3.81. The Morgan fingerprint density at radius 2 is 2.06 bits per heavy atom. The van der Waals surface area contributed by atoms with Crippen LogP contribution < -0.4 is 0 Å². The SMILES string of the molecule is CN(CC(F)(F)F)S(=O)(=O)c1ccc(C#N)s1. The summed E-state index contributed by atoms with van der Waals surface area (Å²) in [6.07, 6.45) is -4.60. The third kappa shape index (κ3) is 3.42. The minimum Gasteiger partial charge on any atom is -0.206 e. The number of nitriles is 1. The number of hydrogen-bond donors (Lipinski definition) is 0. The van der Waals surface area contributed by atoms with E-state index in [1.807, 2.05) is 0 Å². The van der Waals surface area contributed by atoms with Crippen LogP contribution in [0.1, 0.15) is 4.88 Å². The van der Waals surface area contributed by atoms with Gasteiger partial charge in [0, 0.05) is 7.05 Å². The van der Waals surface area contributed by atoms with E-state index in [0.717, 1.165) is 13.1 Å². The molecule has 4 nitrogen and oxygen atoms in total. The molecule has 0 aliphatic heterocycles. The van der Waals surface area contributed by atoms with Crippen LogP contribution in [-0.4, -0.2) is 32.5 Å². The van der Waals surface area contributed by atoms with Gasteiger partial charge in [0.1, 0.15) is 21.7 Å². The molecule has 0 amide bonds. The van der Waals surface area contributed by atoms with Crippen molar-refractivity contribution in [2.45, 2.75) is 10.4 Å². The van der Waals surface area contributed by atoms with Crippen molar-refractivity contribution in [1.29, 1.82) is 5.26 Å². The van der Waals surface area contributed by atoms with Gasteiger partial charge < -0.3 is 0 Å². The predicted octanol–water partition coefficient (Wildman–Crippen LogP) is 1.80. The monoisotopic (exact) mass is 284 g/mol. The van der Waals surface area contributed by atoms with Gasteiger partial charge in [-0.2, -0.15) is 22.7 Å². The molecular weight excluding hydrogens is 277 g/mol. The largest absolute Gasteiger partial charge is 0.402 e. The highest BCUT2D eigenvalue weighted by atomic mass is 32.2. The molecule has 0 unspecified atom stereocenters. The van der Waals surface area contributed by atoms with Crippen molar-refractivity contribution < 1.29 is 21.6 Å². The van der Waals surface area contributed by atoms with Crippen LogP contribution in [0.5, 0.6) is 0 Å². The van der Waals surface area contributed by atoms with E-state index >= 15 is 0 Å². The summed E-state index contributed by atoms with van der Waals surface area (Å²) >= 11 is 0.636. The van der Waals surface area contributed by atoms with Crippen LogP contribution in [-0.2, 0) is 10.0 Å². The molecule has 1 aromatic rings. The summed E-state index contributed by atoms with van der Waals surface area (Å²) in [4.78, 5) is 0.129. The second-order valence-electron chi connectivity index (χ2n) is 3.11. The number of alkyl halides is 3. The van der Waals surface area contributed by atoms with E-state index in [1.54, 1.807) is 6.07 Å². The molecule has 0 saturated heterocycles. The number of thiophene rings is 1. The fraction of sp³-hybridized carbons (Fsp3) is 0.375. The van der Waals surface area contributed by atoms with Crippen LogP contribution >= 0.6 is 11.3 Å². The molecule has 1 heterocycles. The normalized spacial score (nSPS) is 12.7. The second kappa shape index (κ2) is 4.64. The van der Waals surface area contributed by atoms with E-state index < -0.39 is 22.7 Å². The van der Waals surface area contributed by atoms with Gasteiger partial charge in [-0.15, -0.1) is 11.3 Å². The zero-order chi connectivity index (χ0) is 13.3. The topological polar surface area (TPSA) is 61.2 Å². The van der Waals surface area contributed by atoms with E-state index in [2.05, 4.69) is 0 Å². The lowest BCUT2D eigenvalue weighted by Crippen LogP contribution is -2.35. The summed E-state index contributed by atoms with van der Waals surface area (Å²) in [7, 11) is -3.34. The standard InChI is InChI=1S/C8H7F3N2O2S2/c1-13(5-8(9,10)11)17(14,15)7-3-2-6(4-12)16-7/h2-3H,5H2,1H3. The lowest BCUT2D eigenvalue weighted by Gasteiger charge is -2.17. The van der Waals surface area contributed by atoms with Crippen molar-refractivity contribution >= 4 is 21.4 Å². The zero-order valence-electron chi connectivity index (χ0n) is 8.52. The summed E-state index contributed by atoms with van der Waals surface area (Å²) in [6.45, 7) is -1.56. The molecule has 0 atom stereocenters. The van der Waals surface area contributed by atoms with Gasteiger partial charge in [-0.3, -0.25) is 0 Å². The molecule has 0 spiro atoms. The maximum Gasteiger partial charge on any atom is 0.402 e. The first-order chi connectivity index (χ1) is 7.66. The summed E-state index contributed by atoms with van der Waals surface area (Å²) in [5.74, 6) is 0. The molecule has 1 rings (SSSR count). The van der Waals surface area contributed by atoms with Crippen LogP contribution in [0.25, 0.3) is 0 Å². The van der Waals surface area contributed by atoms with E-state index in [4.69, 9.17) is 5.26 Å². The van der Waals surface area contributed by atoms with Crippen LogP contribution in [0.15, 0.2) is 16.3 Å². The minimum absolute atomic E-state index is 0.129. The van der Waals surface area contributed by atoms with Gasteiger partial charge in [-0.1, -0.05) is 0 Å². The molecule has 0 radical (unpaired) electrons. The highest BCUT2D eigenvalue weighted by molar-refractivity contribution is 7.91. The Morgan fingerprint density at radius 1 is 1.47 bits per heavy atom. The first-order valence-electron chi connectivity index (χ1n) is 4.20. The van der Waals surface area contributed by atoms with Gasteiger partial charge >= 0.3 is 6.18 Å². The predicted molar refractivity (Wildman–Crippen MR) is 54.9 cm³/mol. The number of hydrogen-bond acceptors (Lipinski definition) is 4. The third-order valence-electron chi connectivity index (χ3n) is 1.76. The summed E-state index contributed by atoms with van der Waals surface area (Å²) in [5.41, 5.74) is 0. The molecular formula is C8H7F3N2O2S2. The minimum atomic E-state index is -4.60. The third-order valence-corrected chi connectivity index (χ3v) is 5.02. The lowest BCUT2D eigenvalue weighted by molar-refractivity contribution is -0.134. The summed E-state index contributed by atoms with van der Waals surface area (Å²) < 4.78 is 59.5. The molecule has 0 bridgehead atoms. The molecule has 0 aliphatic rings. The maximum atomic E-state index is 12.1. The van der Waals surface area contributed by atoms with Crippen molar-refractivity contribution in [3.63, 3.8) is 0 Å². The Bertz CT molecular complexity index is 542. The van der Waals surface area contributed by atoms with Crippen molar-refractivity contribution in [2.24, 2.45) is 0 Å². The van der Waals surface area contributed by atoms with Crippen molar-refractivity contribution in [3.8, 4) is 6.07 Å². The van der Waals surface area contributed by atoms with Crippen LogP contribution in [0, 0.1) is 11.3 Å². The van der Waals surface area contributed by atoms with Gasteiger partial charge in [-0.25, -0.2) is 8.42 Å². The smallest absolute Gasteiger partial charge is 0.206 e. The van der Waals surface area contributed by atoms with Crippen molar-refractivity contribution in [3.05, 3.63) is 17.0 Å². The first kappa shape index (κ1) is 14.0. The average molecular weight is 284 g/mol. The fourth-order valence-electron chi connectivity index (χ4n) is 1.01. The molecule has 0 N–H and O–H groups in total. The van der Waals surface area contributed by atoms with Gasteiger partial charge in [0.05, 0.1) is 0 Å². The van der Waals surface area contributed by atoms with E-state index in [1.165, 1.54) is 6.07 Å². The van der Waals surface area contributed by atoms with Crippen LogP contribution in [0.3, 0.4) is 0 Å². The van der Waals surface area contributed by atoms with Gasteiger partial charge in [-0.05, 0) is 12.1 Å². The van der Waals surface area contributed by atoms with E-state index in [-0.39, 0.29) is 13.4 Å². The van der Waals surface area contributed by atoms with Crippen LogP contribution in [0.4, 0.5) is 13.2 Å². The molecule has 0 fully saturated rings. The molecule has 0 aliphatic carbocycles. The lowest BCUT2D eigenvalue weighted by atomic mass is 10.5. The molecule has 94 valence electrons. The van der Waals surface area contributed by atoms with Gasteiger partial charge in [0.15, 0.2) is 0 Å². The number of nitrogens with zero attached hydrogens (tertiary/aromatic N) is 2. The molecule has 0 aromatic carbocycles. The van der Waals surface area contributed by atoms with Crippen molar-refractivity contribution in [1.82, 2.24) is 4.31 Å². The molecule has 0 saturated carbocycles. The first-order valence-corrected chi connectivity index (χ1v) is 6.45. The quantitative estimate of drug-likeness (QED) is 0.850. The molecule has 9 heteroatoms. The van der Waals surface area contributed by atoms with Gasteiger partial charge in [0.2, 0.25) is 0 Å². The Balaban J connectivity index is 3.00. The number of halogens is 3. The average Bonchev–Trinajstić information content (AvgIpc) is 2.63. The number of rotatable bonds is 3. The molecule has 1 aromatic heterocycles. The Hall–Kier alpha value is -1.11. The van der Waals surface area contributed by atoms with E-state index in [0.29, 0.717) is 11.3 Å². The molecule has 17 heavy (non-hydrogen) atoms. The van der Waals surface area contributed by atoms with Crippen molar-refractivity contribution in [2.75, 3.05) is 13.6 Å². The second-order valence-corrected chi connectivity index (χ2v) is 6.46. The highest BCUT2D eigenvalue weighted by Gasteiger charge is 2.35. The summed E-state index contributed by atoms with van der Waals surface area (Å²) in [6, 6.07) is 4.09. The van der Waals surface area contributed by atoms with Crippen LogP contribution in [0.2, 0.25) is 0 Å². The highest BCUT2D eigenvalue weighted by Crippen LogP contribution is 2.26. The Labute approximate surface area is 99.9 Å². The Morgan fingerprint density at radius 3 is 2.47 bits per heavy atom. The maximum absolute atomic E-state index is 12.1. The summed E-state index contributed by atoms with van der Waals surface area (Å²) in [5, 5.41) is 8.51. The zero-order valence-corrected chi connectivity index (χ0v) is 10.2. The van der Waals surface area contributed by atoms with Gasteiger partial charge in [0.25, 0.3) is 10.0 Å². The number of sulfonamides is 1. The fourth-order valence-corrected chi connectivity index (χ4v) is 3.48. The van der Waals surface area contributed by atoms with E-state index in [9.17, 15) is 21.6 Å².